The third-order valence-corrected chi connectivity index (χ3v) is 5.43. The van der Waals surface area contributed by atoms with Gasteiger partial charge >= 0.3 is 0 Å². The summed E-state index contributed by atoms with van der Waals surface area (Å²) in [6.07, 6.45) is 11.3. The molecule has 4 heteroatoms. The van der Waals surface area contributed by atoms with Crippen molar-refractivity contribution in [1.82, 2.24) is 15.5 Å². The van der Waals surface area contributed by atoms with Gasteiger partial charge in [-0.1, -0.05) is 19.3 Å². The van der Waals surface area contributed by atoms with E-state index in [0.29, 0.717) is 30.7 Å². The Bertz CT molecular complexity index is 329. The number of piperidine rings is 1. The van der Waals surface area contributed by atoms with E-state index in [4.69, 9.17) is 0 Å². The highest BCUT2D eigenvalue weighted by atomic mass is 16.2. The second kappa shape index (κ2) is 6.44. The molecule has 3 aliphatic rings. The first kappa shape index (κ1) is 14.3. The fourth-order valence-corrected chi connectivity index (χ4v) is 4.26. The molecule has 2 atom stereocenters. The highest BCUT2D eigenvalue weighted by molar-refractivity contribution is 5.78. The maximum atomic E-state index is 12.2. The van der Waals surface area contributed by atoms with E-state index in [1.807, 2.05) is 0 Å². The SMILES string of the molecule is CN(CC(=O)NC1CCCCC1)C1CC2CCC(C1)N2. The zero-order chi connectivity index (χ0) is 13.9. The number of likely N-dealkylation sites (N-methyl/N-ethyl adjacent to an activating group) is 1. The van der Waals surface area contributed by atoms with Gasteiger partial charge in [-0.05, 0) is 45.6 Å². The number of hydrogen-bond donors (Lipinski definition) is 2. The molecule has 20 heavy (non-hydrogen) atoms. The second-order valence-electron chi connectivity index (χ2n) is 7.08. The van der Waals surface area contributed by atoms with E-state index >= 15 is 0 Å². The third kappa shape index (κ3) is 3.53. The van der Waals surface area contributed by atoms with Crippen LogP contribution in [0.3, 0.4) is 0 Å². The number of amides is 1. The Morgan fingerprint density at radius 3 is 2.40 bits per heavy atom. The number of hydrogen-bond acceptors (Lipinski definition) is 3. The van der Waals surface area contributed by atoms with Crippen LogP contribution >= 0.6 is 0 Å². The van der Waals surface area contributed by atoms with Gasteiger partial charge in [0.2, 0.25) is 5.91 Å². The molecule has 0 aromatic carbocycles. The summed E-state index contributed by atoms with van der Waals surface area (Å²) in [6.45, 7) is 0.570. The molecule has 0 radical (unpaired) electrons. The maximum absolute atomic E-state index is 12.2. The molecule has 2 bridgehead atoms. The molecule has 1 amide bonds. The average molecular weight is 279 g/mol. The predicted molar refractivity (Wildman–Crippen MR) is 80.6 cm³/mol. The minimum atomic E-state index is 0.227. The molecule has 114 valence electrons. The lowest BCUT2D eigenvalue weighted by molar-refractivity contribution is -0.123. The van der Waals surface area contributed by atoms with Crippen molar-refractivity contribution in [3.8, 4) is 0 Å². The molecule has 4 nitrogen and oxygen atoms in total. The van der Waals surface area contributed by atoms with E-state index in [0.717, 1.165) is 0 Å². The van der Waals surface area contributed by atoms with Crippen LogP contribution in [0.15, 0.2) is 0 Å². The Balaban J connectivity index is 1.43. The second-order valence-corrected chi connectivity index (χ2v) is 7.08. The van der Waals surface area contributed by atoms with E-state index in [1.54, 1.807) is 0 Å². The number of rotatable bonds is 4. The summed E-state index contributed by atoms with van der Waals surface area (Å²) in [5.74, 6) is 0.227. The van der Waals surface area contributed by atoms with Gasteiger partial charge in [0.1, 0.15) is 0 Å². The van der Waals surface area contributed by atoms with Gasteiger partial charge in [0.05, 0.1) is 6.54 Å². The lowest BCUT2D eigenvalue weighted by Crippen LogP contribution is -2.50. The molecular weight excluding hydrogens is 250 g/mol. The van der Waals surface area contributed by atoms with Crippen LogP contribution in [0.2, 0.25) is 0 Å². The minimum absolute atomic E-state index is 0.227. The Kier molecular flexibility index (Phi) is 4.61. The molecule has 1 saturated carbocycles. The van der Waals surface area contributed by atoms with E-state index in [2.05, 4.69) is 22.6 Å². The molecule has 3 rings (SSSR count). The van der Waals surface area contributed by atoms with Crippen molar-refractivity contribution in [2.45, 2.75) is 82.0 Å². The monoisotopic (exact) mass is 279 g/mol. The topological polar surface area (TPSA) is 44.4 Å². The van der Waals surface area contributed by atoms with E-state index in [-0.39, 0.29) is 5.91 Å². The van der Waals surface area contributed by atoms with Crippen LogP contribution in [0.25, 0.3) is 0 Å². The van der Waals surface area contributed by atoms with Gasteiger partial charge < -0.3 is 10.6 Å². The highest BCUT2D eigenvalue weighted by Gasteiger charge is 2.35. The Morgan fingerprint density at radius 2 is 1.75 bits per heavy atom. The third-order valence-electron chi connectivity index (χ3n) is 5.43. The van der Waals surface area contributed by atoms with Crippen molar-refractivity contribution < 1.29 is 4.79 Å². The molecule has 3 fully saturated rings. The van der Waals surface area contributed by atoms with Gasteiger partial charge in [0, 0.05) is 24.2 Å². The zero-order valence-electron chi connectivity index (χ0n) is 12.7. The summed E-state index contributed by atoms with van der Waals surface area (Å²) < 4.78 is 0. The van der Waals surface area contributed by atoms with Crippen LogP contribution in [-0.2, 0) is 4.79 Å². The first-order valence-corrected chi connectivity index (χ1v) is 8.46. The van der Waals surface area contributed by atoms with Crippen molar-refractivity contribution in [1.29, 1.82) is 0 Å². The van der Waals surface area contributed by atoms with Crippen molar-refractivity contribution in [3.05, 3.63) is 0 Å². The normalized spacial score (nSPS) is 34.4. The molecule has 2 aliphatic heterocycles. The summed E-state index contributed by atoms with van der Waals surface area (Å²) in [7, 11) is 2.12. The first-order valence-electron chi connectivity index (χ1n) is 8.46. The van der Waals surface area contributed by atoms with Crippen LogP contribution < -0.4 is 10.6 Å². The van der Waals surface area contributed by atoms with Crippen molar-refractivity contribution >= 4 is 5.91 Å². The molecule has 0 aromatic rings. The molecule has 1 aliphatic carbocycles. The Morgan fingerprint density at radius 1 is 1.10 bits per heavy atom. The fraction of sp³-hybridized carbons (Fsp3) is 0.938. The molecular formula is C16H29N3O. The fourth-order valence-electron chi connectivity index (χ4n) is 4.26. The van der Waals surface area contributed by atoms with E-state index in [9.17, 15) is 4.79 Å². The number of fused-ring (bicyclic) bond motifs is 2. The van der Waals surface area contributed by atoms with Crippen LogP contribution in [0, 0.1) is 0 Å². The number of nitrogens with zero attached hydrogens (tertiary/aromatic N) is 1. The maximum Gasteiger partial charge on any atom is 0.234 e. The standard InChI is InChI=1S/C16H29N3O/c1-19(15-9-13-7-8-14(10-15)17-13)11-16(20)18-12-5-3-2-4-6-12/h12-15,17H,2-11H2,1H3,(H,18,20). The smallest absolute Gasteiger partial charge is 0.234 e. The van der Waals surface area contributed by atoms with Gasteiger partial charge in [-0.25, -0.2) is 0 Å². The number of nitrogens with one attached hydrogen (secondary N) is 2. The molecule has 0 spiro atoms. The number of carbonyl (C=O) groups excluding carboxylic acids is 1. The molecule has 2 N–H and O–H groups in total. The largest absolute Gasteiger partial charge is 0.352 e. The van der Waals surface area contributed by atoms with Crippen LogP contribution in [0.5, 0.6) is 0 Å². The van der Waals surface area contributed by atoms with Crippen molar-refractivity contribution in [3.63, 3.8) is 0 Å². The number of carbonyl (C=O) groups is 1. The van der Waals surface area contributed by atoms with Gasteiger partial charge in [-0.3, -0.25) is 9.69 Å². The predicted octanol–water partition coefficient (Wildman–Crippen LogP) is 1.65. The summed E-state index contributed by atoms with van der Waals surface area (Å²) >= 11 is 0. The Hall–Kier alpha value is -0.610. The Labute approximate surface area is 122 Å². The van der Waals surface area contributed by atoms with Crippen molar-refractivity contribution in [2.75, 3.05) is 13.6 Å². The van der Waals surface area contributed by atoms with Crippen LogP contribution in [-0.4, -0.2) is 48.6 Å². The molecule has 2 saturated heterocycles. The van der Waals surface area contributed by atoms with Crippen LogP contribution in [0.1, 0.15) is 57.8 Å². The van der Waals surface area contributed by atoms with Crippen molar-refractivity contribution in [2.24, 2.45) is 0 Å². The average Bonchev–Trinajstić information content (AvgIpc) is 2.78. The molecule has 0 aromatic heterocycles. The van der Waals surface area contributed by atoms with Gasteiger partial charge in [-0.2, -0.15) is 0 Å². The summed E-state index contributed by atoms with van der Waals surface area (Å²) in [6, 6.07) is 2.42. The lowest BCUT2D eigenvalue weighted by Gasteiger charge is -2.35. The lowest BCUT2D eigenvalue weighted by atomic mass is 9.95. The van der Waals surface area contributed by atoms with Crippen LogP contribution in [0.4, 0.5) is 0 Å². The quantitative estimate of drug-likeness (QED) is 0.822. The van der Waals surface area contributed by atoms with Gasteiger partial charge in [0.15, 0.2) is 0 Å². The minimum Gasteiger partial charge on any atom is -0.352 e. The summed E-state index contributed by atoms with van der Waals surface area (Å²) in [4.78, 5) is 14.5. The van der Waals surface area contributed by atoms with Gasteiger partial charge in [-0.15, -0.1) is 0 Å². The zero-order valence-corrected chi connectivity index (χ0v) is 12.7. The highest BCUT2D eigenvalue weighted by Crippen LogP contribution is 2.29. The van der Waals surface area contributed by atoms with Gasteiger partial charge in [0.25, 0.3) is 0 Å². The molecule has 2 heterocycles. The summed E-state index contributed by atoms with van der Waals surface area (Å²) in [5.41, 5.74) is 0. The van der Waals surface area contributed by atoms with E-state index in [1.165, 1.54) is 57.8 Å². The molecule has 2 unspecified atom stereocenters. The first-order chi connectivity index (χ1) is 9.70. The summed E-state index contributed by atoms with van der Waals surface area (Å²) in [5, 5.41) is 6.90. The van der Waals surface area contributed by atoms with E-state index < -0.39 is 0 Å².